The van der Waals surface area contributed by atoms with Crippen LogP contribution in [-0.4, -0.2) is 24.4 Å². The Labute approximate surface area is 121 Å². The maximum Gasteiger partial charge on any atom is 0.269 e. The summed E-state index contributed by atoms with van der Waals surface area (Å²) in [6.07, 6.45) is 0. The fourth-order valence-corrected chi connectivity index (χ4v) is 1.84. The molecule has 2 rings (SSSR count). The van der Waals surface area contributed by atoms with Crippen LogP contribution in [0.1, 0.15) is 10.4 Å². The lowest BCUT2D eigenvalue weighted by molar-refractivity contribution is -0.384. The van der Waals surface area contributed by atoms with E-state index in [9.17, 15) is 14.9 Å². The minimum absolute atomic E-state index is 0.0377. The van der Waals surface area contributed by atoms with Crippen molar-refractivity contribution in [3.8, 4) is 5.75 Å². The number of methoxy groups -OCH3 is 1. The number of non-ortho nitro benzene ring substituents is 1. The van der Waals surface area contributed by atoms with E-state index in [1.165, 1.54) is 24.3 Å². The third kappa shape index (κ3) is 3.56. The number of carbonyl (C=O) groups is 1. The molecule has 0 aliphatic carbocycles. The van der Waals surface area contributed by atoms with Crippen molar-refractivity contribution in [2.24, 2.45) is 0 Å². The standard InChI is InChI=1S/C15H14N2O4/c1-21-15-5-3-2-4-13(15)16-10-14(18)11-6-8-12(9-7-11)17(19)20/h2-9,16H,10H2,1H3. The number of carbonyl (C=O) groups excluding carboxylic acids is 1. The van der Waals surface area contributed by atoms with Gasteiger partial charge in [-0.3, -0.25) is 14.9 Å². The number of ketones is 1. The van der Waals surface area contributed by atoms with Gasteiger partial charge in [-0.1, -0.05) is 12.1 Å². The second kappa shape index (κ2) is 6.51. The van der Waals surface area contributed by atoms with E-state index in [1.807, 2.05) is 18.2 Å². The molecule has 0 fully saturated rings. The Morgan fingerprint density at radius 2 is 1.86 bits per heavy atom. The van der Waals surface area contributed by atoms with Crippen LogP contribution in [0.2, 0.25) is 0 Å². The van der Waals surface area contributed by atoms with E-state index in [0.29, 0.717) is 11.3 Å². The summed E-state index contributed by atoms with van der Waals surface area (Å²) in [4.78, 5) is 22.1. The predicted molar refractivity (Wildman–Crippen MR) is 78.9 cm³/mol. The van der Waals surface area contributed by atoms with E-state index in [1.54, 1.807) is 13.2 Å². The fraction of sp³-hybridized carbons (Fsp3) is 0.133. The molecule has 2 aromatic carbocycles. The van der Waals surface area contributed by atoms with E-state index >= 15 is 0 Å². The maximum absolute atomic E-state index is 12.0. The largest absolute Gasteiger partial charge is 0.495 e. The number of ether oxygens (including phenoxy) is 1. The molecule has 0 heterocycles. The summed E-state index contributed by atoms with van der Waals surface area (Å²) in [6.45, 7) is 0.0815. The minimum atomic E-state index is -0.499. The van der Waals surface area contributed by atoms with Crippen molar-refractivity contribution in [3.05, 3.63) is 64.2 Å². The quantitative estimate of drug-likeness (QED) is 0.501. The van der Waals surface area contributed by atoms with Gasteiger partial charge in [0.2, 0.25) is 0 Å². The van der Waals surface area contributed by atoms with Crippen LogP contribution in [0.4, 0.5) is 11.4 Å². The lowest BCUT2D eigenvalue weighted by Crippen LogP contribution is -2.14. The van der Waals surface area contributed by atoms with Gasteiger partial charge in [-0.05, 0) is 24.3 Å². The molecule has 0 spiro atoms. The van der Waals surface area contributed by atoms with Gasteiger partial charge in [0.05, 0.1) is 24.3 Å². The molecule has 6 nitrogen and oxygen atoms in total. The molecule has 0 aromatic heterocycles. The molecule has 0 amide bonds. The predicted octanol–water partition coefficient (Wildman–Crippen LogP) is 2.90. The van der Waals surface area contributed by atoms with Gasteiger partial charge in [-0.25, -0.2) is 0 Å². The average Bonchev–Trinajstić information content (AvgIpc) is 2.52. The Hall–Kier alpha value is -2.89. The van der Waals surface area contributed by atoms with Crippen LogP contribution >= 0.6 is 0 Å². The third-order valence-corrected chi connectivity index (χ3v) is 2.95. The number of hydrogen-bond donors (Lipinski definition) is 1. The summed E-state index contributed by atoms with van der Waals surface area (Å²) < 4.78 is 5.18. The zero-order chi connectivity index (χ0) is 15.2. The monoisotopic (exact) mass is 286 g/mol. The van der Waals surface area contributed by atoms with Crippen molar-refractivity contribution >= 4 is 17.2 Å². The first-order valence-electron chi connectivity index (χ1n) is 6.26. The number of nitro groups is 1. The highest BCUT2D eigenvalue weighted by Gasteiger charge is 2.10. The van der Waals surface area contributed by atoms with Crippen LogP contribution in [0.15, 0.2) is 48.5 Å². The first kappa shape index (κ1) is 14.5. The molecule has 0 aliphatic rings. The summed E-state index contributed by atoms with van der Waals surface area (Å²) in [5.74, 6) is 0.491. The number of nitro benzene ring substituents is 1. The number of anilines is 1. The van der Waals surface area contributed by atoms with Crippen LogP contribution < -0.4 is 10.1 Å². The van der Waals surface area contributed by atoms with Crippen molar-refractivity contribution in [2.45, 2.75) is 0 Å². The van der Waals surface area contributed by atoms with Crippen molar-refractivity contribution in [1.29, 1.82) is 0 Å². The van der Waals surface area contributed by atoms with Crippen molar-refractivity contribution in [2.75, 3.05) is 19.0 Å². The van der Waals surface area contributed by atoms with Gasteiger partial charge in [0.15, 0.2) is 5.78 Å². The molecule has 21 heavy (non-hydrogen) atoms. The number of Topliss-reactive ketones (excluding diaryl/α,β-unsaturated/α-hetero) is 1. The SMILES string of the molecule is COc1ccccc1NCC(=O)c1ccc([N+](=O)[O-])cc1. The maximum atomic E-state index is 12.0. The highest BCUT2D eigenvalue weighted by Crippen LogP contribution is 2.23. The Balaban J connectivity index is 2.03. The second-order valence-electron chi connectivity index (χ2n) is 4.28. The third-order valence-electron chi connectivity index (χ3n) is 2.95. The number of nitrogens with zero attached hydrogens (tertiary/aromatic N) is 1. The molecule has 0 radical (unpaired) electrons. The molecule has 0 unspecified atom stereocenters. The van der Waals surface area contributed by atoms with Crippen LogP contribution in [0.3, 0.4) is 0 Å². The minimum Gasteiger partial charge on any atom is -0.495 e. The highest BCUT2D eigenvalue weighted by molar-refractivity contribution is 5.99. The first-order chi connectivity index (χ1) is 10.1. The Bertz CT molecular complexity index is 653. The molecule has 0 aliphatic heterocycles. The van der Waals surface area contributed by atoms with E-state index in [2.05, 4.69) is 5.32 Å². The summed E-state index contributed by atoms with van der Waals surface area (Å²) in [6, 6.07) is 12.8. The van der Waals surface area contributed by atoms with Crippen LogP contribution in [0, 0.1) is 10.1 Å². The van der Waals surface area contributed by atoms with Gasteiger partial charge in [0.25, 0.3) is 5.69 Å². The second-order valence-corrected chi connectivity index (χ2v) is 4.28. The Morgan fingerprint density at radius 3 is 2.48 bits per heavy atom. The van der Waals surface area contributed by atoms with Crippen molar-refractivity contribution in [3.63, 3.8) is 0 Å². The lowest BCUT2D eigenvalue weighted by atomic mass is 10.1. The Morgan fingerprint density at radius 1 is 1.19 bits per heavy atom. The normalized spacial score (nSPS) is 9.95. The zero-order valence-electron chi connectivity index (χ0n) is 11.4. The molecule has 108 valence electrons. The van der Waals surface area contributed by atoms with Gasteiger partial charge in [0.1, 0.15) is 5.75 Å². The van der Waals surface area contributed by atoms with Gasteiger partial charge in [0, 0.05) is 17.7 Å². The molecule has 6 heteroatoms. The van der Waals surface area contributed by atoms with Crippen molar-refractivity contribution in [1.82, 2.24) is 0 Å². The molecule has 0 saturated heterocycles. The van der Waals surface area contributed by atoms with Gasteiger partial charge in [-0.2, -0.15) is 0 Å². The summed E-state index contributed by atoms with van der Waals surface area (Å²) in [5.41, 5.74) is 1.10. The molecule has 1 N–H and O–H groups in total. The van der Waals surface area contributed by atoms with Crippen LogP contribution in [-0.2, 0) is 0 Å². The molecule has 0 atom stereocenters. The van der Waals surface area contributed by atoms with E-state index in [4.69, 9.17) is 4.74 Å². The van der Waals surface area contributed by atoms with Gasteiger partial charge >= 0.3 is 0 Å². The molecule has 2 aromatic rings. The lowest BCUT2D eigenvalue weighted by Gasteiger charge is -2.10. The summed E-state index contributed by atoms with van der Waals surface area (Å²) >= 11 is 0. The number of rotatable bonds is 6. The fourth-order valence-electron chi connectivity index (χ4n) is 1.84. The van der Waals surface area contributed by atoms with E-state index in [-0.39, 0.29) is 18.0 Å². The van der Waals surface area contributed by atoms with E-state index < -0.39 is 4.92 Å². The number of para-hydroxylation sites is 2. The number of hydrogen-bond acceptors (Lipinski definition) is 5. The molecule has 0 bridgehead atoms. The summed E-state index contributed by atoms with van der Waals surface area (Å²) in [7, 11) is 1.55. The zero-order valence-corrected chi connectivity index (χ0v) is 11.4. The average molecular weight is 286 g/mol. The molecular weight excluding hydrogens is 272 g/mol. The Kier molecular flexibility index (Phi) is 4.50. The number of nitrogens with one attached hydrogen (secondary N) is 1. The number of benzene rings is 2. The van der Waals surface area contributed by atoms with Gasteiger partial charge < -0.3 is 10.1 Å². The van der Waals surface area contributed by atoms with Crippen molar-refractivity contribution < 1.29 is 14.5 Å². The molecule has 0 saturated carbocycles. The summed E-state index contributed by atoms with van der Waals surface area (Å²) in [5, 5.41) is 13.5. The topological polar surface area (TPSA) is 81.5 Å². The first-order valence-corrected chi connectivity index (χ1v) is 6.26. The van der Waals surface area contributed by atoms with Gasteiger partial charge in [-0.15, -0.1) is 0 Å². The van der Waals surface area contributed by atoms with E-state index in [0.717, 1.165) is 5.69 Å². The highest BCUT2D eigenvalue weighted by atomic mass is 16.6. The smallest absolute Gasteiger partial charge is 0.269 e. The van der Waals surface area contributed by atoms with Crippen LogP contribution in [0.5, 0.6) is 5.75 Å². The van der Waals surface area contributed by atoms with Crippen LogP contribution in [0.25, 0.3) is 0 Å². The molecular formula is C15H14N2O4.